The smallest absolute Gasteiger partial charge is 0.122 e. The van der Waals surface area contributed by atoms with Gasteiger partial charge < -0.3 is 19.9 Å². The average Bonchev–Trinajstić information content (AvgIpc) is 3.12. The monoisotopic (exact) mass is 413 g/mol. The number of anilines is 2. The van der Waals surface area contributed by atoms with Gasteiger partial charge in [-0.2, -0.15) is 0 Å². The van der Waals surface area contributed by atoms with Crippen LogP contribution >= 0.6 is 11.3 Å². The second-order valence-corrected chi connectivity index (χ2v) is 8.93. The molecule has 0 spiro atoms. The molecule has 3 heterocycles. The Kier molecular flexibility index (Phi) is 6.60. The highest BCUT2D eigenvalue weighted by atomic mass is 32.1. The fraction of sp³-hybridized carbons (Fsp3) is 0.545. The molecule has 1 saturated heterocycles. The van der Waals surface area contributed by atoms with E-state index in [9.17, 15) is 0 Å². The highest BCUT2D eigenvalue weighted by Gasteiger charge is 2.26. The number of hydrogen-bond donors (Lipinski definition) is 1. The van der Waals surface area contributed by atoms with Gasteiger partial charge in [0, 0.05) is 45.3 Å². The topological polar surface area (TPSA) is 53.0 Å². The van der Waals surface area contributed by atoms with E-state index in [0.717, 1.165) is 73.4 Å². The van der Waals surface area contributed by atoms with Crippen LogP contribution in [-0.4, -0.2) is 73.5 Å². The van der Waals surface area contributed by atoms with Crippen LogP contribution in [-0.2, 0) is 4.74 Å². The first-order valence-corrected chi connectivity index (χ1v) is 11.3. The van der Waals surface area contributed by atoms with Crippen LogP contribution in [0.4, 0.5) is 16.4 Å². The van der Waals surface area contributed by atoms with Crippen LogP contribution in [0.3, 0.4) is 0 Å². The Morgan fingerprint density at radius 2 is 2.17 bits per heavy atom. The second-order valence-electron chi connectivity index (χ2n) is 8.08. The summed E-state index contributed by atoms with van der Waals surface area (Å²) in [5.74, 6) is 0.348. The molecule has 29 heavy (non-hydrogen) atoms. The van der Waals surface area contributed by atoms with Gasteiger partial charge in [0.1, 0.15) is 10.7 Å². The maximum atomic E-state index is 5.30. The van der Waals surface area contributed by atoms with Crippen LogP contribution in [0.1, 0.15) is 25.5 Å². The van der Waals surface area contributed by atoms with Gasteiger partial charge in [0.05, 0.1) is 22.6 Å². The molecule has 2 aliphatic heterocycles. The third kappa shape index (κ3) is 4.69. The zero-order chi connectivity index (χ0) is 20.2. The zero-order valence-corrected chi connectivity index (χ0v) is 18.4. The molecule has 1 N–H and O–H groups in total. The maximum Gasteiger partial charge on any atom is 0.122 e. The standard InChI is InChI=1S/C22H31N5OS/c1-16(8-10-27-12-11-26(2)17(14-27)9-13-28-3)20-21-22(29-15-23-21)25-19-7-5-4-6-18(19)24-20/h4-7,15-17,25H,8-14H2,1-3H3/t16?,17-/m0/s1. The predicted molar refractivity (Wildman–Crippen MR) is 121 cm³/mol. The first-order valence-electron chi connectivity index (χ1n) is 10.5. The number of ether oxygens (including phenoxy) is 1. The van der Waals surface area contributed by atoms with Crippen molar-refractivity contribution < 1.29 is 4.74 Å². The molecule has 1 aromatic carbocycles. The van der Waals surface area contributed by atoms with Crippen molar-refractivity contribution >= 4 is 33.4 Å². The van der Waals surface area contributed by atoms with Gasteiger partial charge in [0.15, 0.2) is 0 Å². The lowest BCUT2D eigenvalue weighted by Gasteiger charge is -2.39. The molecule has 1 aromatic heterocycles. The number of fused-ring (bicyclic) bond motifs is 2. The van der Waals surface area contributed by atoms with Gasteiger partial charge in [0.2, 0.25) is 0 Å². The number of methoxy groups -OCH3 is 1. The Balaban J connectivity index is 1.44. The molecule has 0 saturated carbocycles. The van der Waals surface area contributed by atoms with Gasteiger partial charge in [-0.3, -0.25) is 0 Å². The first kappa shape index (κ1) is 20.5. The fourth-order valence-corrected chi connectivity index (χ4v) is 4.84. The lowest BCUT2D eigenvalue weighted by molar-refractivity contribution is 0.0688. The van der Waals surface area contributed by atoms with E-state index < -0.39 is 0 Å². The van der Waals surface area contributed by atoms with Crippen LogP contribution in [0.5, 0.6) is 0 Å². The van der Waals surface area contributed by atoms with Gasteiger partial charge in [0.25, 0.3) is 0 Å². The molecular weight excluding hydrogens is 382 g/mol. The van der Waals surface area contributed by atoms with Gasteiger partial charge >= 0.3 is 0 Å². The highest BCUT2D eigenvalue weighted by molar-refractivity contribution is 7.14. The van der Waals surface area contributed by atoms with Crippen LogP contribution in [0.25, 0.3) is 0 Å². The summed E-state index contributed by atoms with van der Waals surface area (Å²) in [7, 11) is 4.02. The second kappa shape index (κ2) is 9.34. The van der Waals surface area contributed by atoms with E-state index in [1.165, 1.54) is 0 Å². The SMILES string of the molecule is COCC[C@H]1CN(CCC(C)C2=Nc3ccccc3Nc3scnc32)CCN1C. The number of rotatable bonds is 7. The molecule has 156 valence electrons. The van der Waals surface area contributed by atoms with E-state index in [1.807, 2.05) is 17.6 Å². The van der Waals surface area contributed by atoms with E-state index in [1.54, 1.807) is 18.4 Å². The van der Waals surface area contributed by atoms with Crippen molar-refractivity contribution in [3.63, 3.8) is 0 Å². The molecule has 6 nitrogen and oxygen atoms in total. The summed E-state index contributed by atoms with van der Waals surface area (Å²) in [4.78, 5) is 14.8. The van der Waals surface area contributed by atoms with E-state index in [-0.39, 0.29) is 0 Å². The number of benzene rings is 1. The lowest BCUT2D eigenvalue weighted by atomic mass is 9.98. The maximum absolute atomic E-state index is 5.30. The number of para-hydroxylation sites is 2. The van der Waals surface area contributed by atoms with Crippen molar-refractivity contribution in [3.05, 3.63) is 35.5 Å². The number of likely N-dealkylation sites (N-methyl/N-ethyl adjacent to an activating group) is 1. The van der Waals surface area contributed by atoms with E-state index in [0.29, 0.717) is 12.0 Å². The van der Waals surface area contributed by atoms with Crippen LogP contribution in [0, 0.1) is 5.92 Å². The van der Waals surface area contributed by atoms with Crippen LogP contribution in [0.15, 0.2) is 34.8 Å². The van der Waals surface area contributed by atoms with Crippen molar-refractivity contribution in [2.45, 2.75) is 25.8 Å². The molecular formula is C22H31N5OS. The summed E-state index contributed by atoms with van der Waals surface area (Å²) in [5.41, 5.74) is 6.08. The summed E-state index contributed by atoms with van der Waals surface area (Å²) in [6.07, 6.45) is 2.18. The summed E-state index contributed by atoms with van der Waals surface area (Å²) in [6.45, 7) is 7.57. The van der Waals surface area contributed by atoms with Crippen molar-refractivity contribution in [1.82, 2.24) is 14.8 Å². The molecule has 7 heteroatoms. The summed E-state index contributed by atoms with van der Waals surface area (Å²) >= 11 is 1.65. The Morgan fingerprint density at radius 3 is 3.03 bits per heavy atom. The van der Waals surface area contributed by atoms with E-state index >= 15 is 0 Å². The number of nitrogens with one attached hydrogen (secondary N) is 1. The highest BCUT2D eigenvalue weighted by Crippen LogP contribution is 2.37. The Hall–Kier alpha value is -1.80. The average molecular weight is 414 g/mol. The van der Waals surface area contributed by atoms with Crippen molar-refractivity contribution in [1.29, 1.82) is 0 Å². The normalized spacial score (nSPS) is 20.9. The molecule has 0 bridgehead atoms. The summed E-state index contributed by atoms with van der Waals surface area (Å²) in [6, 6.07) is 8.83. The number of aliphatic imine (C=N–C) groups is 1. The molecule has 2 aromatic rings. The van der Waals surface area contributed by atoms with Gasteiger partial charge in [-0.05, 0) is 38.6 Å². The third-order valence-corrected chi connectivity index (χ3v) is 6.81. The molecule has 1 fully saturated rings. The minimum atomic E-state index is 0.348. The van der Waals surface area contributed by atoms with E-state index in [2.05, 4.69) is 46.2 Å². The minimum Gasteiger partial charge on any atom is -0.385 e. The molecule has 1 unspecified atom stereocenters. The van der Waals surface area contributed by atoms with E-state index in [4.69, 9.17) is 9.73 Å². The van der Waals surface area contributed by atoms with Crippen LogP contribution in [0.2, 0.25) is 0 Å². The number of hydrogen-bond acceptors (Lipinski definition) is 7. The molecule has 0 amide bonds. The van der Waals surface area contributed by atoms with Crippen molar-refractivity contribution in [2.75, 3.05) is 52.3 Å². The predicted octanol–water partition coefficient (Wildman–Crippen LogP) is 4.00. The molecule has 2 aliphatic rings. The quantitative estimate of drug-likeness (QED) is 0.744. The van der Waals surface area contributed by atoms with Crippen molar-refractivity contribution in [2.24, 2.45) is 10.9 Å². The lowest BCUT2D eigenvalue weighted by Crippen LogP contribution is -2.52. The van der Waals surface area contributed by atoms with Gasteiger partial charge in [-0.25, -0.2) is 9.98 Å². The Morgan fingerprint density at radius 1 is 1.31 bits per heavy atom. The van der Waals surface area contributed by atoms with Gasteiger partial charge in [-0.1, -0.05) is 19.1 Å². The van der Waals surface area contributed by atoms with Crippen molar-refractivity contribution in [3.8, 4) is 0 Å². The molecule has 0 radical (unpaired) electrons. The number of piperazine rings is 1. The Bertz CT molecular complexity index is 851. The third-order valence-electron chi connectivity index (χ3n) is 6.06. The summed E-state index contributed by atoms with van der Waals surface area (Å²) in [5, 5.41) is 4.61. The number of nitrogens with zero attached hydrogens (tertiary/aromatic N) is 4. The number of aromatic nitrogens is 1. The largest absolute Gasteiger partial charge is 0.385 e. The molecule has 0 aliphatic carbocycles. The Labute approximate surface area is 177 Å². The molecule has 2 atom stereocenters. The first-order chi connectivity index (χ1) is 14.2. The van der Waals surface area contributed by atoms with Gasteiger partial charge in [-0.15, -0.1) is 11.3 Å². The number of thiazole rings is 1. The summed E-state index contributed by atoms with van der Waals surface area (Å²) < 4.78 is 5.30. The minimum absolute atomic E-state index is 0.348. The van der Waals surface area contributed by atoms with Crippen LogP contribution < -0.4 is 5.32 Å². The fourth-order valence-electron chi connectivity index (χ4n) is 4.13. The molecule has 4 rings (SSSR count). The zero-order valence-electron chi connectivity index (χ0n) is 17.6.